The molecule has 0 aromatic carbocycles. The molecule has 0 bridgehead atoms. The van der Waals surface area contributed by atoms with Crippen LogP contribution in [0.25, 0.3) is 0 Å². The number of nitrogens with one attached hydrogen (secondary N) is 1. The number of ether oxygens (including phenoxy) is 3. The van der Waals surface area contributed by atoms with Crippen molar-refractivity contribution in [3.05, 3.63) is 12.2 Å². The van der Waals surface area contributed by atoms with Gasteiger partial charge in [-0.15, -0.1) is 0 Å². The fourth-order valence-corrected chi connectivity index (χ4v) is 2.03. The summed E-state index contributed by atoms with van der Waals surface area (Å²) in [6, 6.07) is -0.312. The van der Waals surface area contributed by atoms with E-state index in [1.165, 1.54) is 6.08 Å². The Labute approximate surface area is 114 Å². The Morgan fingerprint density at radius 1 is 1.47 bits per heavy atom. The maximum absolute atomic E-state index is 11.8. The lowest BCUT2D eigenvalue weighted by Gasteiger charge is -2.41. The molecule has 0 aromatic heterocycles. The van der Waals surface area contributed by atoms with Gasteiger partial charge in [-0.2, -0.15) is 0 Å². The third-order valence-corrected chi connectivity index (χ3v) is 3.16. The number of amides is 1. The van der Waals surface area contributed by atoms with Crippen LogP contribution in [0.5, 0.6) is 0 Å². The minimum Gasteiger partial charge on any atom is -0.379 e. The SMILES string of the molecule is COC1(OC)CCOCC1NC(=O)/C=C/CN(C)C. The Bertz CT molecular complexity index is 314. The molecule has 19 heavy (non-hydrogen) atoms. The van der Waals surface area contributed by atoms with Crippen LogP contribution in [-0.2, 0) is 19.0 Å². The Hall–Kier alpha value is -0.950. The first-order chi connectivity index (χ1) is 9.04. The highest BCUT2D eigenvalue weighted by Gasteiger charge is 2.42. The Kier molecular flexibility index (Phi) is 6.44. The van der Waals surface area contributed by atoms with E-state index in [4.69, 9.17) is 14.2 Å². The van der Waals surface area contributed by atoms with Gasteiger partial charge in [-0.25, -0.2) is 0 Å². The van der Waals surface area contributed by atoms with Gasteiger partial charge < -0.3 is 24.4 Å². The lowest BCUT2D eigenvalue weighted by atomic mass is 10.0. The summed E-state index contributed by atoms with van der Waals surface area (Å²) in [4.78, 5) is 13.8. The van der Waals surface area contributed by atoms with Crippen molar-refractivity contribution in [3.8, 4) is 0 Å². The first kappa shape index (κ1) is 16.1. The third kappa shape index (κ3) is 4.58. The van der Waals surface area contributed by atoms with E-state index in [2.05, 4.69) is 5.32 Å². The van der Waals surface area contributed by atoms with E-state index in [-0.39, 0.29) is 11.9 Å². The van der Waals surface area contributed by atoms with Crippen molar-refractivity contribution in [2.45, 2.75) is 18.2 Å². The highest BCUT2D eigenvalue weighted by atomic mass is 16.7. The molecule has 6 heteroatoms. The van der Waals surface area contributed by atoms with Crippen molar-refractivity contribution in [2.24, 2.45) is 0 Å². The lowest BCUT2D eigenvalue weighted by molar-refractivity contribution is -0.257. The van der Waals surface area contributed by atoms with Crippen molar-refractivity contribution < 1.29 is 19.0 Å². The summed E-state index contributed by atoms with van der Waals surface area (Å²) >= 11 is 0. The van der Waals surface area contributed by atoms with Crippen LogP contribution in [0.2, 0.25) is 0 Å². The molecule has 0 aromatic rings. The molecule has 1 aliphatic rings. The topological polar surface area (TPSA) is 60.0 Å². The van der Waals surface area contributed by atoms with Crippen molar-refractivity contribution >= 4 is 5.91 Å². The molecule has 6 nitrogen and oxygen atoms in total. The van der Waals surface area contributed by atoms with Crippen LogP contribution >= 0.6 is 0 Å². The smallest absolute Gasteiger partial charge is 0.244 e. The lowest BCUT2D eigenvalue weighted by Crippen LogP contribution is -2.60. The quantitative estimate of drug-likeness (QED) is 0.545. The number of rotatable bonds is 6. The van der Waals surface area contributed by atoms with E-state index in [9.17, 15) is 4.79 Å². The molecule has 1 saturated heterocycles. The molecule has 110 valence electrons. The average Bonchev–Trinajstić information content (AvgIpc) is 2.39. The van der Waals surface area contributed by atoms with Crippen molar-refractivity contribution in [1.82, 2.24) is 10.2 Å². The van der Waals surface area contributed by atoms with Crippen LogP contribution < -0.4 is 5.32 Å². The van der Waals surface area contributed by atoms with Gasteiger partial charge in [0.2, 0.25) is 5.91 Å². The molecule has 1 fully saturated rings. The number of hydrogen-bond donors (Lipinski definition) is 1. The molecule has 1 rings (SSSR count). The summed E-state index contributed by atoms with van der Waals surface area (Å²) in [5.41, 5.74) is 0. The van der Waals surface area contributed by atoms with E-state index in [0.29, 0.717) is 26.2 Å². The Morgan fingerprint density at radius 3 is 2.74 bits per heavy atom. The van der Waals surface area contributed by atoms with Gasteiger partial charge >= 0.3 is 0 Å². The minimum atomic E-state index is -0.802. The minimum absolute atomic E-state index is 0.171. The zero-order valence-electron chi connectivity index (χ0n) is 12.1. The van der Waals surface area contributed by atoms with Gasteiger partial charge in [0.1, 0.15) is 6.04 Å². The van der Waals surface area contributed by atoms with Crippen LogP contribution in [0, 0.1) is 0 Å². The highest BCUT2D eigenvalue weighted by molar-refractivity contribution is 5.87. The number of likely N-dealkylation sites (N-methyl/N-ethyl adjacent to an activating group) is 1. The Balaban J connectivity index is 2.57. The van der Waals surface area contributed by atoms with Gasteiger partial charge in [0.15, 0.2) is 5.79 Å². The highest BCUT2D eigenvalue weighted by Crippen LogP contribution is 2.25. The van der Waals surface area contributed by atoms with Gasteiger partial charge in [0, 0.05) is 33.3 Å². The van der Waals surface area contributed by atoms with E-state index in [0.717, 1.165) is 0 Å². The molecule has 1 aliphatic heterocycles. The van der Waals surface area contributed by atoms with Crippen LogP contribution in [0.4, 0.5) is 0 Å². The van der Waals surface area contributed by atoms with Crippen LogP contribution in [0.3, 0.4) is 0 Å². The predicted molar refractivity (Wildman–Crippen MR) is 71.8 cm³/mol. The van der Waals surface area contributed by atoms with Gasteiger partial charge in [-0.1, -0.05) is 6.08 Å². The molecule has 1 unspecified atom stereocenters. The van der Waals surface area contributed by atoms with Crippen LogP contribution in [-0.4, -0.2) is 70.7 Å². The third-order valence-electron chi connectivity index (χ3n) is 3.16. The molecule has 0 radical (unpaired) electrons. The molecule has 1 amide bonds. The molecule has 0 saturated carbocycles. The largest absolute Gasteiger partial charge is 0.379 e. The monoisotopic (exact) mass is 272 g/mol. The summed E-state index contributed by atoms with van der Waals surface area (Å²) < 4.78 is 16.2. The summed E-state index contributed by atoms with van der Waals surface area (Å²) in [6.07, 6.45) is 3.91. The van der Waals surface area contributed by atoms with Crippen LogP contribution in [0.1, 0.15) is 6.42 Å². The van der Waals surface area contributed by atoms with Crippen molar-refractivity contribution in [2.75, 3.05) is 48.1 Å². The zero-order valence-corrected chi connectivity index (χ0v) is 12.1. The number of nitrogens with zero attached hydrogens (tertiary/aromatic N) is 1. The normalized spacial score (nSPS) is 22.9. The fraction of sp³-hybridized carbons (Fsp3) is 0.769. The van der Waals surface area contributed by atoms with E-state index < -0.39 is 5.79 Å². The summed E-state index contributed by atoms with van der Waals surface area (Å²) in [5, 5.41) is 2.87. The molecule has 1 heterocycles. The van der Waals surface area contributed by atoms with Gasteiger partial charge in [-0.05, 0) is 14.1 Å². The van der Waals surface area contributed by atoms with E-state index in [1.54, 1.807) is 20.3 Å². The van der Waals surface area contributed by atoms with Gasteiger partial charge in [0.05, 0.1) is 13.2 Å². The molecular weight excluding hydrogens is 248 g/mol. The number of hydrogen-bond acceptors (Lipinski definition) is 5. The average molecular weight is 272 g/mol. The molecule has 0 spiro atoms. The van der Waals surface area contributed by atoms with E-state index >= 15 is 0 Å². The fourth-order valence-electron chi connectivity index (χ4n) is 2.03. The standard InChI is InChI=1S/C13H24N2O4/c1-15(2)8-5-6-12(16)14-11-10-19-9-7-13(11,17-3)18-4/h5-6,11H,7-10H2,1-4H3,(H,14,16)/b6-5+. The maximum atomic E-state index is 11.8. The first-order valence-electron chi connectivity index (χ1n) is 6.34. The molecule has 0 aliphatic carbocycles. The molecular formula is C13H24N2O4. The van der Waals surface area contributed by atoms with Crippen molar-refractivity contribution in [1.29, 1.82) is 0 Å². The number of carbonyl (C=O) groups is 1. The Morgan fingerprint density at radius 2 is 2.16 bits per heavy atom. The second-order valence-corrected chi connectivity index (χ2v) is 4.77. The molecule has 1 atom stereocenters. The van der Waals surface area contributed by atoms with Gasteiger partial charge in [-0.3, -0.25) is 4.79 Å². The van der Waals surface area contributed by atoms with Gasteiger partial charge in [0.25, 0.3) is 0 Å². The number of carbonyl (C=O) groups excluding carboxylic acids is 1. The first-order valence-corrected chi connectivity index (χ1v) is 6.34. The maximum Gasteiger partial charge on any atom is 0.244 e. The second-order valence-electron chi connectivity index (χ2n) is 4.77. The summed E-state index contributed by atoms with van der Waals surface area (Å²) in [6.45, 7) is 1.66. The van der Waals surface area contributed by atoms with E-state index in [1.807, 2.05) is 19.0 Å². The predicted octanol–water partition coefficient (Wildman–Crippen LogP) is -0.00160. The molecule has 1 N–H and O–H groups in total. The van der Waals surface area contributed by atoms with Crippen LogP contribution in [0.15, 0.2) is 12.2 Å². The summed E-state index contributed by atoms with van der Waals surface area (Å²) in [7, 11) is 7.04. The number of methoxy groups -OCH3 is 2. The summed E-state index contributed by atoms with van der Waals surface area (Å²) in [5.74, 6) is -0.973. The zero-order chi connectivity index (χ0) is 14.3. The second kappa shape index (κ2) is 7.59. The van der Waals surface area contributed by atoms with Crippen molar-refractivity contribution in [3.63, 3.8) is 0 Å².